The minimum atomic E-state index is -0.871. The van der Waals surface area contributed by atoms with Gasteiger partial charge in [-0.3, -0.25) is 9.59 Å². The van der Waals surface area contributed by atoms with E-state index in [1.165, 1.54) is 148 Å². The molecule has 1 N–H and O–H groups in total. The summed E-state index contributed by atoms with van der Waals surface area (Å²) in [7, 11) is 5.54. The summed E-state index contributed by atoms with van der Waals surface area (Å²) < 4.78 is 17.3. The topological polar surface area (TPSA) is 99.1 Å². The first-order valence-corrected chi connectivity index (χ1v) is 22.6. The van der Waals surface area contributed by atoms with E-state index in [9.17, 15) is 19.5 Å². The standard InChI is InChI=1S/C45H87NO7/c1-6-8-10-12-14-16-18-19-20-21-22-23-24-26-27-29-31-33-35-43(47)52-40-41(39-51-38-37-42(45(49)50)46(3,4)5)53-44(48)36-34-32-30-28-25-17-15-13-11-9-7-2/h41-42H,6-40H2,1-5H3/p+1. The van der Waals surface area contributed by atoms with Gasteiger partial charge in [0.15, 0.2) is 12.1 Å². The molecule has 2 unspecified atom stereocenters. The second kappa shape index (κ2) is 37.3. The van der Waals surface area contributed by atoms with Crippen LogP contribution >= 0.6 is 0 Å². The molecule has 0 heterocycles. The van der Waals surface area contributed by atoms with E-state index < -0.39 is 18.1 Å². The maximum absolute atomic E-state index is 12.7. The molecule has 0 radical (unpaired) electrons. The van der Waals surface area contributed by atoms with Crippen LogP contribution in [0.1, 0.15) is 219 Å². The van der Waals surface area contributed by atoms with Crippen LogP contribution in [0.2, 0.25) is 0 Å². The average Bonchev–Trinajstić information content (AvgIpc) is 3.11. The summed E-state index contributed by atoms with van der Waals surface area (Å²) in [4.78, 5) is 36.9. The molecule has 0 aliphatic rings. The molecule has 0 fully saturated rings. The summed E-state index contributed by atoms with van der Waals surface area (Å²) in [6.45, 7) is 4.76. The molecule has 0 aliphatic carbocycles. The predicted molar refractivity (Wildman–Crippen MR) is 220 cm³/mol. The number of aliphatic carboxylic acids is 1. The summed E-state index contributed by atoms with van der Waals surface area (Å²) in [6, 6.07) is -0.607. The number of hydrogen-bond acceptors (Lipinski definition) is 6. The van der Waals surface area contributed by atoms with E-state index in [2.05, 4.69) is 13.8 Å². The van der Waals surface area contributed by atoms with E-state index >= 15 is 0 Å². The molecule has 8 heteroatoms. The summed E-state index contributed by atoms with van der Waals surface area (Å²) in [5.74, 6) is -1.45. The molecule has 2 atom stereocenters. The molecule has 0 rings (SSSR count). The van der Waals surface area contributed by atoms with Crippen molar-refractivity contribution in [1.29, 1.82) is 0 Å². The first-order valence-electron chi connectivity index (χ1n) is 22.6. The number of quaternary nitrogens is 1. The number of esters is 2. The molecule has 0 amide bonds. The van der Waals surface area contributed by atoms with Crippen molar-refractivity contribution in [3.8, 4) is 0 Å². The molecule has 314 valence electrons. The van der Waals surface area contributed by atoms with Gasteiger partial charge in [-0.2, -0.15) is 0 Å². The van der Waals surface area contributed by atoms with E-state index in [-0.39, 0.29) is 36.2 Å². The number of hydrogen-bond donors (Lipinski definition) is 1. The molecule has 53 heavy (non-hydrogen) atoms. The Morgan fingerprint density at radius 1 is 0.491 bits per heavy atom. The van der Waals surface area contributed by atoms with Crippen LogP contribution in [-0.2, 0) is 28.6 Å². The van der Waals surface area contributed by atoms with E-state index in [1.54, 1.807) is 0 Å². The molecular formula is C45H88NO7+. The Bertz CT molecular complexity index is 843. The van der Waals surface area contributed by atoms with Gasteiger partial charge in [-0.1, -0.05) is 187 Å². The highest BCUT2D eigenvalue weighted by atomic mass is 16.6. The number of likely N-dealkylation sites (N-methyl/N-ethyl adjacent to an activating group) is 1. The zero-order valence-electron chi connectivity index (χ0n) is 35.7. The van der Waals surface area contributed by atoms with Crippen molar-refractivity contribution in [3.05, 3.63) is 0 Å². The number of unbranched alkanes of at least 4 members (excludes halogenated alkanes) is 27. The number of ether oxygens (including phenoxy) is 3. The second-order valence-electron chi connectivity index (χ2n) is 16.7. The van der Waals surface area contributed by atoms with E-state index in [0.29, 0.717) is 19.3 Å². The Labute approximate surface area is 327 Å². The van der Waals surface area contributed by atoms with Crippen LogP contribution in [0.3, 0.4) is 0 Å². The van der Waals surface area contributed by atoms with Gasteiger partial charge in [0.1, 0.15) is 6.61 Å². The fraction of sp³-hybridized carbons (Fsp3) is 0.933. The fourth-order valence-corrected chi connectivity index (χ4v) is 6.98. The monoisotopic (exact) mass is 755 g/mol. The highest BCUT2D eigenvalue weighted by Gasteiger charge is 2.31. The van der Waals surface area contributed by atoms with Crippen LogP contribution in [0, 0.1) is 0 Å². The zero-order chi connectivity index (χ0) is 39.3. The van der Waals surface area contributed by atoms with Gasteiger partial charge < -0.3 is 23.8 Å². The van der Waals surface area contributed by atoms with Gasteiger partial charge in [-0.05, 0) is 12.8 Å². The quantitative estimate of drug-likeness (QED) is 0.0377. The maximum atomic E-state index is 12.7. The lowest BCUT2D eigenvalue weighted by Crippen LogP contribution is -2.50. The van der Waals surface area contributed by atoms with Crippen molar-refractivity contribution in [2.24, 2.45) is 0 Å². The van der Waals surface area contributed by atoms with Gasteiger partial charge >= 0.3 is 17.9 Å². The predicted octanol–water partition coefficient (Wildman–Crippen LogP) is 12.1. The van der Waals surface area contributed by atoms with Gasteiger partial charge in [0.2, 0.25) is 0 Å². The van der Waals surface area contributed by atoms with Gasteiger partial charge in [0.05, 0.1) is 34.4 Å². The molecule has 0 saturated heterocycles. The molecule has 0 aliphatic heterocycles. The van der Waals surface area contributed by atoms with Crippen LogP contribution in [-0.4, -0.2) is 80.6 Å². The summed E-state index contributed by atoms with van der Waals surface area (Å²) in [6.07, 6.45) is 37.1. The van der Waals surface area contributed by atoms with Crippen LogP contribution in [0.15, 0.2) is 0 Å². The Hall–Kier alpha value is -1.67. The normalized spacial score (nSPS) is 12.8. The lowest BCUT2D eigenvalue weighted by atomic mass is 10.0. The lowest BCUT2D eigenvalue weighted by molar-refractivity contribution is -0.887. The summed E-state index contributed by atoms with van der Waals surface area (Å²) in [5.41, 5.74) is 0. The van der Waals surface area contributed by atoms with Crippen molar-refractivity contribution < 1.29 is 38.2 Å². The zero-order valence-corrected chi connectivity index (χ0v) is 35.7. The lowest BCUT2D eigenvalue weighted by Gasteiger charge is -2.31. The average molecular weight is 755 g/mol. The highest BCUT2D eigenvalue weighted by molar-refractivity contribution is 5.72. The molecule has 8 nitrogen and oxygen atoms in total. The maximum Gasteiger partial charge on any atom is 0.362 e. The number of carboxylic acid groups (broad SMARTS) is 1. The Balaban J connectivity index is 4.23. The van der Waals surface area contributed by atoms with Crippen molar-refractivity contribution >= 4 is 17.9 Å². The van der Waals surface area contributed by atoms with Gasteiger partial charge in [-0.15, -0.1) is 0 Å². The minimum Gasteiger partial charge on any atom is -0.477 e. The van der Waals surface area contributed by atoms with Gasteiger partial charge in [-0.25, -0.2) is 4.79 Å². The molecule has 0 aromatic heterocycles. The number of carbonyl (C=O) groups is 3. The van der Waals surface area contributed by atoms with E-state index in [1.807, 2.05) is 21.1 Å². The molecular weight excluding hydrogens is 666 g/mol. The van der Waals surface area contributed by atoms with Crippen LogP contribution in [0.5, 0.6) is 0 Å². The Kier molecular flexibility index (Phi) is 36.1. The van der Waals surface area contributed by atoms with Gasteiger partial charge in [0, 0.05) is 19.3 Å². The van der Waals surface area contributed by atoms with Crippen LogP contribution in [0.25, 0.3) is 0 Å². The largest absolute Gasteiger partial charge is 0.477 e. The Morgan fingerprint density at radius 2 is 0.830 bits per heavy atom. The van der Waals surface area contributed by atoms with E-state index in [4.69, 9.17) is 14.2 Å². The molecule has 0 spiro atoms. The number of rotatable bonds is 41. The minimum absolute atomic E-state index is 0.0421. The van der Waals surface area contributed by atoms with Crippen LogP contribution < -0.4 is 0 Å². The number of nitrogens with zero attached hydrogens (tertiary/aromatic N) is 1. The molecule has 0 aromatic carbocycles. The second-order valence-corrected chi connectivity index (χ2v) is 16.7. The molecule has 0 bridgehead atoms. The van der Waals surface area contributed by atoms with Crippen molar-refractivity contribution in [2.45, 2.75) is 231 Å². The van der Waals surface area contributed by atoms with Crippen molar-refractivity contribution in [3.63, 3.8) is 0 Å². The number of carboxylic acids is 1. The first kappa shape index (κ1) is 51.3. The summed E-state index contributed by atoms with van der Waals surface area (Å²) >= 11 is 0. The van der Waals surface area contributed by atoms with Crippen molar-refractivity contribution in [1.82, 2.24) is 0 Å². The first-order chi connectivity index (χ1) is 25.6. The highest BCUT2D eigenvalue weighted by Crippen LogP contribution is 2.16. The van der Waals surface area contributed by atoms with Crippen LogP contribution in [0.4, 0.5) is 0 Å². The third-order valence-electron chi connectivity index (χ3n) is 10.5. The van der Waals surface area contributed by atoms with Gasteiger partial charge in [0.25, 0.3) is 0 Å². The van der Waals surface area contributed by atoms with Crippen molar-refractivity contribution in [2.75, 3.05) is 41.0 Å². The SMILES string of the molecule is CCCCCCCCCCCCCCCCCCCCC(=O)OCC(COCCC(C(=O)O)[N+](C)(C)C)OC(=O)CCCCCCCCCCCCC. The molecule has 0 saturated carbocycles. The molecule has 0 aromatic rings. The fourth-order valence-electron chi connectivity index (χ4n) is 6.98. The third-order valence-corrected chi connectivity index (χ3v) is 10.5. The number of carbonyl (C=O) groups excluding carboxylic acids is 2. The summed E-state index contributed by atoms with van der Waals surface area (Å²) in [5, 5.41) is 9.61. The smallest absolute Gasteiger partial charge is 0.362 e. The Morgan fingerprint density at radius 3 is 1.17 bits per heavy atom. The van der Waals surface area contributed by atoms with E-state index in [0.717, 1.165) is 38.5 Å². The third kappa shape index (κ3) is 35.8.